The van der Waals surface area contributed by atoms with Crippen molar-refractivity contribution in [2.75, 3.05) is 37.8 Å². The Kier molecular flexibility index (Phi) is 31.3. The molecular weight excluding hydrogens is 767 g/mol. The van der Waals surface area contributed by atoms with E-state index >= 15 is 0 Å². The number of fused-ring (bicyclic) bond motifs is 1. The number of pyridine rings is 1. The maximum atomic E-state index is 12.8. The number of unbranched alkanes of at least 4 members (excludes halogenated alkanes) is 20. The molecule has 1 N–H and O–H groups in total. The van der Waals surface area contributed by atoms with Gasteiger partial charge >= 0.3 is 11.9 Å². The molecule has 1 aromatic heterocycles. The molecule has 12 heteroatoms. The Hall–Kier alpha value is -2.56. The molecule has 59 heavy (non-hydrogen) atoms. The van der Waals surface area contributed by atoms with Crippen molar-refractivity contribution in [1.29, 1.82) is 0 Å². The fourth-order valence-electron chi connectivity index (χ4n) is 7.18. The van der Waals surface area contributed by atoms with Crippen molar-refractivity contribution in [3.05, 3.63) is 48.2 Å². The quantitative estimate of drug-likeness (QED) is 0.0224. The Morgan fingerprint density at radius 3 is 1.90 bits per heavy atom. The van der Waals surface area contributed by atoms with Gasteiger partial charge in [0.15, 0.2) is 6.10 Å². The molecule has 0 amide bonds. The zero-order valence-corrected chi connectivity index (χ0v) is 37.9. The van der Waals surface area contributed by atoms with Crippen LogP contribution in [0.2, 0.25) is 0 Å². The number of esters is 2. The molecule has 0 aromatic carbocycles. The molecule has 0 bridgehead atoms. The highest BCUT2D eigenvalue weighted by Gasteiger charge is 2.28. The standard InChI is InChI=1S/C47H81N2O9P/c1-3-5-7-9-11-13-15-17-18-20-21-23-25-27-29-31-46(51)55-41-44(58-47(52)32-30-28-26-24-22-19-16-14-12-10-8-6-4-2)42-57-59(53,54)56-38-37-48-35-36-49-39-43(40-50)33-34-45(48)49/h11,13,17-18,33-34,39,44,50H,3-10,12,14-16,19-32,35-38,40-42H2,1-2H3/b13-11-,18-17-. The molecule has 11 nitrogen and oxygen atoms in total. The molecule has 0 saturated carbocycles. The molecule has 0 saturated heterocycles. The summed E-state index contributed by atoms with van der Waals surface area (Å²) in [4.78, 5) is 40.1. The van der Waals surface area contributed by atoms with E-state index in [1.807, 2.05) is 27.8 Å². The Morgan fingerprint density at radius 1 is 0.746 bits per heavy atom. The summed E-state index contributed by atoms with van der Waals surface area (Å²) in [5.41, 5.74) is 0.802. The summed E-state index contributed by atoms with van der Waals surface area (Å²) in [5.74, 6) is 0.0249. The summed E-state index contributed by atoms with van der Waals surface area (Å²) in [6, 6.07) is 3.72. The van der Waals surface area contributed by atoms with Gasteiger partial charge in [-0.05, 0) is 51.0 Å². The van der Waals surface area contributed by atoms with E-state index in [0.29, 0.717) is 25.9 Å². The minimum Gasteiger partial charge on any atom is -0.756 e. The SMILES string of the molecule is CCCCC/C=C\C/C=C\CCCCCCCC(=O)OCC(COP(=O)([O-])OCCN1CC[n+]2cc(CO)ccc21)OC(=O)CCCCCCCCCCCCCCC. The third-order valence-corrected chi connectivity index (χ3v) is 11.7. The van der Waals surface area contributed by atoms with Gasteiger partial charge in [-0.1, -0.05) is 147 Å². The van der Waals surface area contributed by atoms with Crippen LogP contribution < -0.4 is 14.4 Å². The molecule has 0 spiro atoms. The van der Waals surface area contributed by atoms with E-state index in [0.717, 1.165) is 75.7 Å². The minimum absolute atomic E-state index is 0.0500. The summed E-state index contributed by atoms with van der Waals surface area (Å²) in [6.07, 6.45) is 37.7. The van der Waals surface area contributed by atoms with Crippen LogP contribution in [0.5, 0.6) is 0 Å². The van der Waals surface area contributed by atoms with Crippen LogP contribution in [-0.2, 0) is 45.8 Å². The minimum atomic E-state index is -4.74. The van der Waals surface area contributed by atoms with Gasteiger partial charge in [0.25, 0.3) is 13.6 Å². The number of allylic oxidation sites excluding steroid dienone is 4. The summed E-state index contributed by atoms with van der Waals surface area (Å²) in [6.45, 7) is 5.21. The number of anilines is 1. The molecular formula is C47H81N2O9P. The summed E-state index contributed by atoms with van der Waals surface area (Å²) >= 11 is 0. The Bertz CT molecular complexity index is 1340. The lowest BCUT2D eigenvalue weighted by Crippen LogP contribution is -2.32. The zero-order valence-electron chi connectivity index (χ0n) is 37.0. The van der Waals surface area contributed by atoms with Crippen LogP contribution in [0.15, 0.2) is 42.6 Å². The maximum Gasteiger partial charge on any atom is 0.306 e. The van der Waals surface area contributed by atoms with Crippen LogP contribution >= 0.6 is 7.82 Å². The van der Waals surface area contributed by atoms with Gasteiger partial charge in [0.05, 0.1) is 26.0 Å². The smallest absolute Gasteiger partial charge is 0.306 e. The van der Waals surface area contributed by atoms with Gasteiger partial charge in [-0.15, -0.1) is 0 Å². The number of ether oxygens (including phenoxy) is 2. The Morgan fingerprint density at radius 2 is 1.29 bits per heavy atom. The van der Waals surface area contributed by atoms with Crippen molar-refractivity contribution in [3.63, 3.8) is 0 Å². The number of aromatic nitrogens is 1. The highest BCUT2D eigenvalue weighted by atomic mass is 31.2. The van der Waals surface area contributed by atoms with Crippen molar-refractivity contribution in [2.45, 2.75) is 200 Å². The van der Waals surface area contributed by atoms with Gasteiger partial charge < -0.3 is 28.5 Å². The molecule has 2 rings (SSSR count). The van der Waals surface area contributed by atoms with E-state index in [2.05, 4.69) is 38.2 Å². The van der Waals surface area contributed by atoms with Crippen molar-refractivity contribution in [2.24, 2.45) is 0 Å². The number of carbonyl (C=O) groups excluding carboxylic acids is 2. The first-order valence-electron chi connectivity index (χ1n) is 23.4. The second-order valence-electron chi connectivity index (χ2n) is 16.1. The van der Waals surface area contributed by atoms with E-state index in [4.69, 9.17) is 18.5 Å². The number of phosphoric ester groups is 1. The lowest BCUT2D eigenvalue weighted by Gasteiger charge is -2.26. The number of rotatable bonds is 39. The van der Waals surface area contributed by atoms with E-state index in [1.165, 1.54) is 83.5 Å². The summed E-state index contributed by atoms with van der Waals surface area (Å²) in [5, 5.41) is 9.41. The van der Waals surface area contributed by atoms with Gasteiger partial charge in [0, 0.05) is 24.5 Å². The van der Waals surface area contributed by atoms with E-state index in [9.17, 15) is 24.2 Å². The monoisotopic (exact) mass is 849 g/mol. The highest BCUT2D eigenvalue weighted by molar-refractivity contribution is 7.45. The van der Waals surface area contributed by atoms with E-state index in [1.54, 1.807) is 0 Å². The first kappa shape index (κ1) is 52.6. The molecule has 0 aliphatic carbocycles. The lowest BCUT2D eigenvalue weighted by molar-refractivity contribution is -0.671. The fraction of sp³-hybridized carbons (Fsp3) is 0.766. The topological polar surface area (TPSA) is 139 Å². The van der Waals surface area contributed by atoms with Crippen LogP contribution in [0.1, 0.15) is 186 Å². The molecule has 1 aromatic rings. The molecule has 338 valence electrons. The van der Waals surface area contributed by atoms with E-state index < -0.39 is 32.5 Å². The number of hydrogen-bond acceptors (Lipinski definition) is 10. The van der Waals surface area contributed by atoms with Crippen LogP contribution in [0, 0.1) is 0 Å². The number of nitrogens with zero attached hydrogens (tertiary/aromatic N) is 2. The number of carbonyl (C=O) groups is 2. The fourth-order valence-corrected chi connectivity index (χ4v) is 7.91. The highest BCUT2D eigenvalue weighted by Crippen LogP contribution is 2.38. The van der Waals surface area contributed by atoms with Gasteiger partial charge in [-0.3, -0.25) is 19.1 Å². The molecule has 2 unspecified atom stereocenters. The number of hydrogen-bond donors (Lipinski definition) is 1. The normalized spacial score (nSPS) is 14.3. The molecule has 1 aliphatic rings. The average Bonchev–Trinajstić information content (AvgIpc) is 3.63. The molecule has 2 heterocycles. The molecule has 0 fully saturated rings. The Balaban J connectivity index is 1.70. The van der Waals surface area contributed by atoms with Crippen molar-refractivity contribution in [1.82, 2.24) is 0 Å². The van der Waals surface area contributed by atoms with Crippen LogP contribution in [0.4, 0.5) is 5.82 Å². The van der Waals surface area contributed by atoms with Crippen LogP contribution in [-0.4, -0.2) is 56.1 Å². The predicted molar refractivity (Wildman–Crippen MR) is 235 cm³/mol. The molecule has 1 aliphatic heterocycles. The first-order valence-corrected chi connectivity index (χ1v) is 24.9. The number of aliphatic hydroxyl groups excluding tert-OH is 1. The largest absolute Gasteiger partial charge is 0.756 e. The average molecular weight is 849 g/mol. The van der Waals surface area contributed by atoms with Gasteiger partial charge in [0.2, 0.25) is 0 Å². The second-order valence-corrected chi connectivity index (χ2v) is 17.5. The van der Waals surface area contributed by atoms with Crippen molar-refractivity contribution >= 4 is 25.6 Å². The third-order valence-electron chi connectivity index (χ3n) is 10.8. The molecule has 0 radical (unpaired) electrons. The van der Waals surface area contributed by atoms with Crippen LogP contribution in [0.25, 0.3) is 0 Å². The third kappa shape index (κ3) is 27.8. The van der Waals surface area contributed by atoms with Gasteiger partial charge in [0.1, 0.15) is 26.2 Å². The second kappa shape index (κ2) is 35.1. The lowest BCUT2D eigenvalue weighted by atomic mass is 10.0. The van der Waals surface area contributed by atoms with Crippen molar-refractivity contribution in [3.8, 4) is 0 Å². The zero-order chi connectivity index (χ0) is 42.7. The van der Waals surface area contributed by atoms with Crippen molar-refractivity contribution < 1.29 is 47.2 Å². The molecule has 2 atom stereocenters. The van der Waals surface area contributed by atoms with Crippen LogP contribution in [0.3, 0.4) is 0 Å². The number of phosphoric acid groups is 1. The predicted octanol–water partition coefficient (Wildman–Crippen LogP) is 10.5. The van der Waals surface area contributed by atoms with Gasteiger partial charge in [-0.25, -0.2) is 4.57 Å². The van der Waals surface area contributed by atoms with E-state index in [-0.39, 0.29) is 32.7 Å². The maximum absolute atomic E-state index is 12.8. The van der Waals surface area contributed by atoms with Gasteiger partial charge in [-0.2, -0.15) is 0 Å². The number of aliphatic hydroxyl groups is 1. The summed E-state index contributed by atoms with van der Waals surface area (Å²) < 4.78 is 36.1. The Labute approximate surface area is 357 Å². The first-order chi connectivity index (χ1) is 28.8. The summed E-state index contributed by atoms with van der Waals surface area (Å²) in [7, 11) is -4.74.